The summed E-state index contributed by atoms with van der Waals surface area (Å²) in [5, 5.41) is 13.9. The molecule has 0 saturated carbocycles. The first-order chi connectivity index (χ1) is 13.1. The number of nitrogens with one attached hydrogen (secondary N) is 1. The van der Waals surface area contributed by atoms with Crippen LogP contribution in [0.5, 0.6) is 0 Å². The highest BCUT2D eigenvalue weighted by atomic mass is 16.3. The molecule has 3 aromatic rings. The second kappa shape index (κ2) is 7.43. The minimum Gasteiger partial charge on any atom is -0.432 e. The van der Waals surface area contributed by atoms with Gasteiger partial charge in [0.05, 0.1) is 18.0 Å². The number of aromatic nitrogens is 3. The van der Waals surface area contributed by atoms with Crippen molar-refractivity contribution < 1.29 is 9.52 Å². The van der Waals surface area contributed by atoms with Crippen LogP contribution in [-0.4, -0.2) is 32.7 Å². The van der Waals surface area contributed by atoms with Gasteiger partial charge in [-0.05, 0) is 55.6 Å². The number of anilines is 1. The second-order valence-corrected chi connectivity index (χ2v) is 7.93. The first kappa shape index (κ1) is 18.2. The van der Waals surface area contributed by atoms with E-state index in [4.69, 9.17) is 9.40 Å². The Balaban J connectivity index is 1.93. The molecule has 1 aliphatic carbocycles. The summed E-state index contributed by atoms with van der Waals surface area (Å²) in [5.74, 6) is 1.19. The number of hydrogen-bond donors (Lipinski definition) is 2. The lowest BCUT2D eigenvalue weighted by Gasteiger charge is -2.20. The summed E-state index contributed by atoms with van der Waals surface area (Å²) in [4.78, 5) is 13.8. The number of pyridine rings is 1. The Kier molecular flexibility index (Phi) is 5.00. The predicted octanol–water partition coefficient (Wildman–Crippen LogP) is 4.03. The summed E-state index contributed by atoms with van der Waals surface area (Å²) in [6.45, 7) is 6.54. The molecule has 144 valence electrons. The van der Waals surface area contributed by atoms with Crippen molar-refractivity contribution >= 4 is 28.0 Å². The highest BCUT2D eigenvalue weighted by Gasteiger charge is 2.25. The zero-order valence-electron chi connectivity index (χ0n) is 16.4. The molecular formula is C21H28N4O2. The van der Waals surface area contributed by atoms with E-state index in [0.717, 1.165) is 36.6 Å². The third-order valence-electron chi connectivity index (χ3n) is 5.46. The molecule has 0 spiro atoms. The molecule has 3 heterocycles. The van der Waals surface area contributed by atoms with Crippen molar-refractivity contribution in [3.8, 4) is 0 Å². The fourth-order valence-corrected chi connectivity index (χ4v) is 4.07. The van der Waals surface area contributed by atoms with Gasteiger partial charge in [0.25, 0.3) is 0 Å². The monoisotopic (exact) mass is 368 g/mol. The molecular weight excluding hydrogens is 340 g/mol. The van der Waals surface area contributed by atoms with Gasteiger partial charge in [-0.15, -0.1) is 0 Å². The van der Waals surface area contributed by atoms with Crippen molar-refractivity contribution in [1.82, 2.24) is 15.0 Å². The molecule has 0 aromatic carbocycles. The van der Waals surface area contributed by atoms with Gasteiger partial charge < -0.3 is 14.8 Å². The van der Waals surface area contributed by atoms with E-state index < -0.39 is 0 Å². The largest absolute Gasteiger partial charge is 0.432 e. The molecule has 6 heteroatoms. The second-order valence-electron chi connectivity index (χ2n) is 7.93. The topological polar surface area (TPSA) is 84.1 Å². The Morgan fingerprint density at radius 1 is 1.19 bits per heavy atom. The van der Waals surface area contributed by atoms with Gasteiger partial charge in [-0.25, -0.2) is 15.0 Å². The third kappa shape index (κ3) is 3.27. The molecule has 1 atom stereocenters. The number of furan rings is 1. The average Bonchev–Trinajstić information content (AvgIpc) is 3.05. The van der Waals surface area contributed by atoms with Crippen LogP contribution < -0.4 is 5.32 Å². The van der Waals surface area contributed by atoms with Crippen molar-refractivity contribution in [2.24, 2.45) is 5.92 Å². The lowest BCUT2D eigenvalue weighted by Crippen LogP contribution is -2.23. The van der Waals surface area contributed by atoms with E-state index in [-0.39, 0.29) is 12.6 Å². The van der Waals surface area contributed by atoms with E-state index in [0.29, 0.717) is 23.0 Å². The predicted molar refractivity (Wildman–Crippen MR) is 107 cm³/mol. The molecule has 1 aliphatic rings. The van der Waals surface area contributed by atoms with Gasteiger partial charge in [-0.1, -0.05) is 20.8 Å². The van der Waals surface area contributed by atoms with E-state index >= 15 is 0 Å². The lowest BCUT2D eigenvalue weighted by atomic mass is 9.87. The Labute approximate surface area is 159 Å². The molecule has 0 aliphatic heterocycles. The van der Waals surface area contributed by atoms with Gasteiger partial charge in [0, 0.05) is 5.69 Å². The van der Waals surface area contributed by atoms with Crippen molar-refractivity contribution in [2.75, 3.05) is 11.9 Å². The Morgan fingerprint density at radius 3 is 2.67 bits per heavy atom. The molecule has 3 aromatic heterocycles. The van der Waals surface area contributed by atoms with Crippen molar-refractivity contribution in [3.05, 3.63) is 23.1 Å². The fraction of sp³-hybridized carbons (Fsp3) is 0.571. The zero-order chi connectivity index (χ0) is 19.0. The SMILES string of the molecule is CC[C@@H](CO)Nc1ncnc2c1oc1nc(CC(C)C)c3c(c12)CCCC3. The molecule has 0 bridgehead atoms. The van der Waals surface area contributed by atoms with Gasteiger partial charge in [-0.2, -0.15) is 0 Å². The number of aliphatic hydroxyl groups is 1. The minimum absolute atomic E-state index is 0.0500. The minimum atomic E-state index is -0.0605. The smallest absolute Gasteiger partial charge is 0.229 e. The van der Waals surface area contributed by atoms with Gasteiger partial charge in [0.15, 0.2) is 11.4 Å². The van der Waals surface area contributed by atoms with Crippen LogP contribution in [0, 0.1) is 5.92 Å². The quantitative estimate of drug-likeness (QED) is 0.683. The Hall–Kier alpha value is -2.21. The summed E-state index contributed by atoms with van der Waals surface area (Å²) in [6.07, 6.45) is 7.89. The summed E-state index contributed by atoms with van der Waals surface area (Å²) in [7, 11) is 0. The van der Waals surface area contributed by atoms with Gasteiger partial charge >= 0.3 is 0 Å². The Morgan fingerprint density at radius 2 is 1.96 bits per heavy atom. The molecule has 6 nitrogen and oxygen atoms in total. The van der Waals surface area contributed by atoms with E-state index in [2.05, 4.69) is 29.1 Å². The third-order valence-corrected chi connectivity index (χ3v) is 5.46. The number of aryl methyl sites for hydroxylation is 1. The maximum atomic E-state index is 9.53. The summed E-state index contributed by atoms with van der Waals surface area (Å²) < 4.78 is 6.18. The number of aliphatic hydroxyl groups excluding tert-OH is 1. The highest BCUT2D eigenvalue weighted by Crippen LogP contribution is 2.38. The van der Waals surface area contributed by atoms with Crippen LogP contribution in [0.3, 0.4) is 0 Å². The van der Waals surface area contributed by atoms with Crippen LogP contribution in [0.15, 0.2) is 10.7 Å². The van der Waals surface area contributed by atoms with Crippen LogP contribution in [0.2, 0.25) is 0 Å². The van der Waals surface area contributed by atoms with E-state index in [1.165, 1.54) is 29.7 Å². The van der Waals surface area contributed by atoms with Crippen molar-refractivity contribution in [3.63, 3.8) is 0 Å². The lowest BCUT2D eigenvalue weighted by molar-refractivity contribution is 0.271. The van der Waals surface area contributed by atoms with Gasteiger partial charge in [0.2, 0.25) is 5.71 Å². The number of fused-ring (bicyclic) bond motifs is 5. The maximum Gasteiger partial charge on any atom is 0.229 e. The maximum absolute atomic E-state index is 9.53. The fourth-order valence-electron chi connectivity index (χ4n) is 4.07. The van der Waals surface area contributed by atoms with Crippen LogP contribution in [0.4, 0.5) is 5.82 Å². The standard InChI is InChI=1S/C21H28N4O2/c1-4-13(10-26)24-20-19-18(22-11-23-20)17-15-8-6-5-7-14(15)16(9-12(2)3)25-21(17)27-19/h11-13,26H,4-10H2,1-3H3,(H,22,23,24)/t13-/m0/s1. The Bertz CT molecular complexity index is 960. The van der Waals surface area contributed by atoms with Gasteiger partial charge in [-0.3, -0.25) is 0 Å². The van der Waals surface area contributed by atoms with Crippen molar-refractivity contribution in [2.45, 2.75) is 65.3 Å². The van der Waals surface area contributed by atoms with E-state index in [1.807, 2.05) is 6.92 Å². The zero-order valence-corrected chi connectivity index (χ0v) is 16.4. The molecule has 27 heavy (non-hydrogen) atoms. The summed E-state index contributed by atoms with van der Waals surface area (Å²) >= 11 is 0. The molecule has 2 N–H and O–H groups in total. The van der Waals surface area contributed by atoms with Crippen LogP contribution in [0.25, 0.3) is 22.2 Å². The van der Waals surface area contributed by atoms with Crippen LogP contribution in [0.1, 0.15) is 56.9 Å². The number of rotatable bonds is 6. The van der Waals surface area contributed by atoms with Crippen LogP contribution in [-0.2, 0) is 19.3 Å². The molecule has 4 rings (SSSR count). The molecule has 0 unspecified atom stereocenters. The number of hydrogen-bond acceptors (Lipinski definition) is 6. The summed E-state index contributed by atoms with van der Waals surface area (Å²) in [6, 6.07) is -0.0605. The first-order valence-electron chi connectivity index (χ1n) is 10.1. The normalized spacial score (nSPS) is 15.4. The average molecular weight is 368 g/mol. The van der Waals surface area contributed by atoms with Gasteiger partial charge in [0.1, 0.15) is 11.8 Å². The molecule has 0 amide bonds. The molecule has 0 fully saturated rings. The highest BCUT2D eigenvalue weighted by molar-refractivity contribution is 6.06. The first-order valence-corrected chi connectivity index (χ1v) is 10.1. The van der Waals surface area contributed by atoms with E-state index in [9.17, 15) is 5.11 Å². The summed E-state index contributed by atoms with van der Waals surface area (Å²) in [5.41, 5.74) is 6.08. The number of nitrogens with zero attached hydrogens (tertiary/aromatic N) is 3. The van der Waals surface area contributed by atoms with Crippen molar-refractivity contribution in [1.29, 1.82) is 0 Å². The molecule has 0 radical (unpaired) electrons. The molecule has 0 saturated heterocycles. The van der Waals surface area contributed by atoms with Crippen LogP contribution >= 0.6 is 0 Å². The van der Waals surface area contributed by atoms with E-state index in [1.54, 1.807) is 6.33 Å².